The van der Waals surface area contributed by atoms with Gasteiger partial charge >= 0.3 is 12.1 Å². The molecule has 3 nitrogen and oxygen atoms in total. The molecular weight excluding hydrogens is 285 g/mol. The van der Waals surface area contributed by atoms with Crippen LogP contribution in [-0.4, -0.2) is 16.1 Å². The molecule has 0 aliphatic rings. The van der Waals surface area contributed by atoms with Crippen molar-refractivity contribution in [1.82, 2.24) is 4.98 Å². The van der Waals surface area contributed by atoms with Crippen LogP contribution in [-0.2, 0) is 12.1 Å². The highest BCUT2D eigenvalue weighted by atomic mass is 35.5. The lowest BCUT2D eigenvalue weighted by Crippen LogP contribution is -2.16. The Kier molecular flexibility index (Phi) is 4.10. The van der Waals surface area contributed by atoms with Crippen molar-refractivity contribution < 1.29 is 31.9 Å². The predicted octanol–water partition coefficient (Wildman–Crippen LogP) is 3.48. The van der Waals surface area contributed by atoms with Crippen molar-refractivity contribution in [3.63, 3.8) is 0 Å². The number of aromatic nitrogens is 1. The number of aromatic carboxylic acids is 1. The SMILES string of the molecule is O=C(O)c1cc(C(F)(F)F)c(C(F)F)nc1CCl. The van der Waals surface area contributed by atoms with Crippen molar-refractivity contribution >= 4 is 17.6 Å². The number of pyridine rings is 1. The van der Waals surface area contributed by atoms with Crippen LogP contribution in [0, 0.1) is 0 Å². The maximum atomic E-state index is 12.5. The van der Waals surface area contributed by atoms with Gasteiger partial charge in [-0.25, -0.2) is 18.6 Å². The van der Waals surface area contributed by atoms with E-state index >= 15 is 0 Å². The van der Waals surface area contributed by atoms with Gasteiger partial charge < -0.3 is 5.11 Å². The van der Waals surface area contributed by atoms with Crippen molar-refractivity contribution in [3.05, 3.63) is 28.6 Å². The smallest absolute Gasteiger partial charge is 0.418 e. The number of rotatable bonds is 3. The number of nitrogens with zero attached hydrogens (tertiary/aromatic N) is 1. The average Bonchev–Trinajstić information content (AvgIpc) is 2.25. The van der Waals surface area contributed by atoms with E-state index in [1.54, 1.807) is 0 Å². The van der Waals surface area contributed by atoms with Crippen LogP contribution in [0.4, 0.5) is 22.0 Å². The van der Waals surface area contributed by atoms with E-state index in [1.165, 1.54) is 0 Å². The summed E-state index contributed by atoms with van der Waals surface area (Å²) in [6.07, 6.45) is -8.60. The van der Waals surface area contributed by atoms with E-state index in [0.717, 1.165) is 0 Å². The third-order valence-electron chi connectivity index (χ3n) is 2.00. The predicted molar refractivity (Wildman–Crippen MR) is 50.7 cm³/mol. The summed E-state index contributed by atoms with van der Waals surface area (Å²) in [6, 6.07) is 0.120. The zero-order valence-corrected chi connectivity index (χ0v) is 9.19. The van der Waals surface area contributed by atoms with Crippen molar-refractivity contribution in [2.75, 3.05) is 0 Å². The summed E-state index contributed by atoms with van der Waals surface area (Å²) in [7, 11) is 0. The van der Waals surface area contributed by atoms with Crippen LogP contribution in [0.25, 0.3) is 0 Å². The molecule has 0 spiro atoms. The molecule has 0 aliphatic heterocycles. The molecule has 1 heterocycles. The first-order valence-electron chi connectivity index (χ1n) is 4.37. The standard InChI is InChI=1S/C9H5ClF5NO2/c10-2-5-3(8(17)18)1-4(9(13,14)15)6(16-5)7(11)12/h1,7H,2H2,(H,17,18). The summed E-state index contributed by atoms with van der Waals surface area (Å²) >= 11 is 5.27. The van der Waals surface area contributed by atoms with Gasteiger partial charge in [0.15, 0.2) is 0 Å². The molecule has 0 amide bonds. The van der Waals surface area contributed by atoms with E-state index in [1.807, 2.05) is 0 Å². The minimum atomic E-state index is -5.12. The summed E-state index contributed by atoms with van der Waals surface area (Å²) in [5.74, 6) is -2.30. The molecule has 0 unspecified atom stereocenters. The van der Waals surface area contributed by atoms with E-state index in [-0.39, 0.29) is 6.07 Å². The van der Waals surface area contributed by atoms with Crippen molar-refractivity contribution in [2.24, 2.45) is 0 Å². The molecule has 0 bridgehead atoms. The Bertz CT molecular complexity index is 475. The number of hydrogen-bond donors (Lipinski definition) is 1. The lowest BCUT2D eigenvalue weighted by Gasteiger charge is -2.14. The fourth-order valence-corrected chi connectivity index (χ4v) is 1.45. The first kappa shape index (κ1) is 14.6. The highest BCUT2D eigenvalue weighted by Crippen LogP contribution is 2.36. The Hall–Kier alpha value is -1.44. The zero-order chi connectivity index (χ0) is 14.1. The highest BCUT2D eigenvalue weighted by molar-refractivity contribution is 6.17. The van der Waals surface area contributed by atoms with E-state index < -0.39 is 47.0 Å². The Morgan fingerprint density at radius 1 is 1.44 bits per heavy atom. The van der Waals surface area contributed by atoms with Crippen molar-refractivity contribution in [3.8, 4) is 0 Å². The second kappa shape index (κ2) is 5.05. The molecule has 0 fully saturated rings. The monoisotopic (exact) mass is 289 g/mol. The fraction of sp³-hybridized carbons (Fsp3) is 0.333. The third-order valence-corrected chi connectivity index (χ3v) is 2.25. The number of carboxylic acids is 1. The second-order valence-corrected chi connectivity index (χ2v) is 3.42. The molecule has 0 saturated carbocycles. The quantitative estimate of drug-likeness (QED) is 0.684. The molecule has 1 rings (SSSR count). The van der Waals surface area contributed by atoms with Gasteiger partial charge in [-0.2, -0.15) is 13.2 Å². The van der Waals surface area contributed by atoms with Crippen LogP contribution in [0.15, 0.2) is 6.07 Å². The van der Waals surface area contributed by atoms with Gasteiger partial charge in [0.1, 0.15) is 5.69 Å². The number of carbonyl (C=O) groups is 1. The van der Waals surface area contributed by atoms with Gasteiger partial charge in [0.05, 0.1) is 22.7 Å². The van der Waals surface area contributed by atoms with E-state index in [2.05, 4.69) is 4.98 Å². The molecule has 0 aliphatic carbocycles. The van der Waals surface area contributed by atoms with E-state index in [4.69, 9.17) is 16.7 Å². The maximum absolute atomic E-state index is 12.5. The van der Waals surface area contributed by atoms with Crippen LogP contribution in [0.5, 0.6) is 0 Å². The third kappa shape index (κ3) is 2.87. The minimum absolute atomic E-state index is 0.120. The molecule has 0 atom stereocenters. The Labute approximate surface area is 102 Å². The Morgan fingerprint density at radius 2 is 2.00 bits per heavy atom. The van der Waals surface area contributed by atoms with E-state index in [9.17, 15) is 26.7 Å². The molecule has 1 N–H and O–H groups in total. The lowest BCUT2D eigenvalue weighted by molar-refractivity contribution is -0.140. The topological polar surface area (TPSA) is 50.2 Å². The molecule has 0 aromatic carbocycles. The number of hydrogen-bond acceptors (Lipinski definition) is 2. The summed E-state index contributed by atoms with van der Waals surface area (Å²) < 4.78 is 62.4. The zero-order valence-electron chi connectivity index (χ0n) is 8.43. The molecule has 1 aromatic rings. The lowest BCUT2D eigenvalue weighted by atomic mass is 10.1. The Morgan fingerprint density at radius 3 is 2.33 bits per heavy atom. The largest absolute Gasteiger partial charge is 0.478 e. The minimum Gasteiger partial charge on any atom is -0.478 e. The molecule has 100 valence electrons. The van der Waals surface area contributed by atoms with Gasteiger partial charge in [-0.05, 0) is 6.07 Å². The number of halogens is 6. The van der Waals surface area contributed by atoms with Crippen LogP contribution in [0.1, 0.15) is 33.7 Å². The molecule has 0 saturated heterocycles. The van der Waals surface area contributed by atoms with Gasteiger partial charge in [-0.3, -0.25) is 0 Å². The summed E-state index contributed by atoms with van der Waals surface area (Å²) in [6.45, 7) is 0. The van der Waals surface area contributed by atoms with Gasteiger partial charge in [-0.15, -0.1) is 11.6 Å². The maximum Gasteiger partial charge on any atom is 0.418 e. The fourth-order valence-electron chi connectivity index (χ4n) is 1.25. The molecule has 1 aromatic heterocycles. The Balaban J connectivity index is 3.58. The molecule has 9 heteroatoms. The number of carboxylic acid groups (broad SMARTS) is 1. The molecule has 0 radical (unpaired) electrons. The molecule has 18 heavy (non-hydrogen) atoms. The number of alkyl halides is 6. The average molecular weight is 290 g/mol. The van der Waals surface area contributed by atoms with Crippen molar-refractivity contribution in [1.29, 1.82) is 0 Å². The van der Waals surface area contributed by atoms with Gasteiger partial charge in [0, 0.05) is 0 Å². The van der Waals surface area contributed by atoms with Crippen LogP contribution in [0.2, 0.25) is 0 Å². The highest BCUT2D eigenvalue weighted by Gasteiger charge is 2.38. The summed E-state index contributed by atoms with van der Waals surface area (Å²) in [5.41, 5.74) is -4.68. The summed E-state index contributed by atoms with van der Waals surface area (Å²) in [4.78, 5) is 13.7. The summed E-state index contributed by atoms with van der Waals surface area (Å²) in [5, 5.41) is 8.66. The van der Waals surface area contributed by atoms with Gasteiger partial charge in [0.2, 0.25) is 0 Å². The van der Waals surface area contributed by atoms with Gasteiger partial charge in [0.25, 0.3) is 6.43 Å². The first-order chi connectivity index (χ1) is 8.18. The van der Waals surface area contributed by atoms with E-state index in [0.29, 0.717) is 0 Å². The van der Waals surface area contributed by atoms with Gasteiger partial charge in [-0.1, -0.05) is 0 Å². The van der Waals surface area contributed by atoms with Crippen LogP contribution in [0.3, 0.4) is 0 Å². The van der Waals surface area contributed by atoms with Crippen LogP contribution >= 0.6 is 11.6 Å². The normalized spacial score (nSPS) is 11.9. The second-order valence-electron chi connectivity index (χ2n) is 3.15. The molecular formula is C9H5ClF5NO2. The van der Waals surface area contributed by atoms with Crippen molar-refractivity contribution in [2.45, 2.75) is 18.5 Å². The van der Waals surface area contributed by atoms with Crippen LogP contribution < -0.4 is 0 Å². The first-order valence-corrected chi connectivity index (χ1v) is 4.90.